The van der Waals surface area contributed by atoms with Gasteiger partial charge in [0, 0.05) is 23.9 Å². The predicted molar refractivity (Wildman–Crippen MR) is 71.3 cm³/mol. The molecule has 16 heavy (non-hydrogen) atoms. The normalized spacial score (nSPS) is 10.9. The van der Waals surface area contributed by atoms with Crippen molar-refractivity contribution in [3.8, 4) is 0 Å². The number of benzene rings is 1. The highest BCUT2D eigenvalue weighted by Gasteiger charge is 2.02. The van der Waals surface area contributed by atoms with Crippen LogP contribution in [0.3, 0.4) is 0 Å². The predicted octanol–water partition coefficient (Wildman–Crippen LogP) is 2.67. The van der Waals surface area contributed by atoms with E-state index in [1.807, 2.05) is 31.3 Å². The summed E-state index contributed by atoms with van der Waals surface area (Å²) in [6, 6.07) is 7.98. The van der Waals surface area contributed by atoms with Crippen LogP contribution in [0.5, 0.6) is 0 Å². The minimum Gasteiger partial charge on any atom is -0.314 e. The number of nitrogens with zero attached hydrogens (tertiary/aromatic N) is 1. The lowest BCUT2D eigenvalue weighted by molar-refractivity contribution is 0.743. The number of aryl methyl sites for hydroxylation is 2. The Morgan fingerprint density at radius 2 is 2.12 bits per heavy atom. The number of rotatable bonds is 3. The molecule has 0 radical (unpaired) electrons. The van der Waals surface area contributed by atoms with Crippen LogP contribution in [0.2, 0.25) is 0 Å². The first-order valence-corrected chi connectivity index (χ1v) is 6.70. The van der Waals surface area contributed by atoms with Crippen molar-refractivity contribution in [3.05, 3.63) is 46.4 Å². The van der Waals surface area contributed by atoms with Crippen LogP contribution < -0.4 is 5.56 Å². The number of thioether (sulfide) groups is 1. The standard InChI is InChI=1S/C13H15NOS/c1-10-3-4-12-11(9-10)5-6-14(13(12)15)7-8-16-2/h3-6,9H,7-8H2,1-2H3. The number of aromatic nitrogens is 1. The van der Waals surface area contributed by atoms with Gasteiger partial charge in [0.25, 0.3) is 5.56 Å². The Balaban J connectivity index is 2.53. The third-order valence-electron chi connectivity index (χ3n) is 2.67. The average molecular weight is 233 g/mol. The molecule has 0 aliphatic heterocycles. The lowest BCUT2D eigenvalue weighted by Crippen LogP contribution is -2.20. The van der Waals surface area contributed by atoms with E-state index in [-0.39, 0.29) is 5.56 Å². The van der Waals surface area contributed by atoms with Crippen LogP contribution in [0.25, 0.3) is 10.8 Å². The maximum absolute atomic E-state index is 12.1. The zero-order valence-corrected chi connectivity index (χ0v) is 10.4. The Bertz CT molecular complexity index is 559. The average Bonchev–Trinajstić information content (AvgIpc) is 2.28. The van der Waals surface area contributed by atoms with E-state index in [1.54, 1.807) is 16.3 Å². The molecule has 3 heteroatoms. The molecule has 2 rings (SSSR count). The third kappa shape index (κ3) is 2.14. The van der Waals surface area contributed by atoms with Gasteiger partial charge in [0.05, 0.1) is 0 Å². The van der Waals surface area contributed by atoms with E-state index in [2.05, 4.69) is 12.3 Å². The van der Waals surface area contributed by atoms with Gasteiger partial charge in [-0.05, 0) is 30.7 Å². The molecule has 0 N–H and O–H groups in total. The summed E-state index contributed by atoms with van der Waals surface area (Å²) >= 11 is 1.75. The number of hydrogen-bond donors (Lipinski definition) is 0. The molecule has 2 aromatic rings. The fourth-order valence-electron chi connectivity index (χ4n) is 1.77. The summed E-state index contributed by atoms with van der Waals surface area (Å²) in [4.78, 5) is 12.1. The van der Waals surface area contributed by atoms with Crippen molar-refractivity contribution >= 4 is 22.5 Å². The van der Waals surface area contributed by atoms with Gasteiger partial charge in [-0.3, -0.25) is 4.79 Å². The van der Waals surface area contributed by atoms with Crippen molar-refractivity contribution in [2.24, 2.45) is 0 Å². The first-order chi connectivity index (χ1) is 7.72. The molecule has 0 unspecified atom stereocenters. The molecule has 0 atom stereocenters. The van der Waals surface area contributed by atoms with Gasteiger partial charge in [0.15, 0.2) is 0 Å². The Morgan fingerprint density at radius 3 is 2.88 bits per heavy atom. The molecule has 84 valence electrons. The quantitative estimate of drug-likeness (QED) is 0.813. The van der Waals surface area contributed by atoms with E-state index in [0.29, 0.717) is 0 Å². The van der Waals surface area contributed by atoms with Gasteiger partial charge in [-0.1, -0.05) is 17.7 Å². The summed E-state index contributed by atoms with van der Waals surface area (Å²) in [5.74, 6) is 0.970. The second-order valence-corrected chi connectivity index (χ2v) is 4.88. The molecule has 1 aromatic carbocycles. The minimum atomic E-state index is 0.117. The van der Waals surface area contributed by atoms with Crippen molar-refractivity contribution in [2.75, 3.05) is 12.0 Å². The molecule has 0 amide bonds. The summed E-state index contributed by atoms with van der Waals surface area (Å²) in [6.45, 7) is 2.82. The van der Waals surface area contributed by atoms with Gasteiger partial charge in [-0.15, -0.1) is 0 Å². The second-order valence-electron chi connectivity index (χ2n) is 3.90. The smallest absolute Gasteiger partial charge is 0.258 e. The first-order valence-electron chi connectivity index (χ1n) is 5.31. The maximum atomic E-state index is 12.1. The van der Waals surface area contributed by atoms with E-state index in [9.17, 15) is 4.79 Å². The van der Waals surface area contributed by atoms with E-state index in [4.69, 9.17) is 0 Å². The number of fused-ring (bicyclic) bond motifs is 1. The van der Waals surface area contributed by atoms with Crippen molar-refractivity contribution in [1.29, 1.82) is 0 Å². The minimum absolute atomic E-state index is 0.117. The zero-order chi connectivity index (χ0) is 11.5. The Morgan fingerprint density at radius 1 is 1.31 bits per heavy atom. The maximum Gasteiger partial charge on any atom is 0.258 e. The molecule has 0 spiro atoms. The van der Waals surface area contributed by atoms with Crippen LogP contribution in [-0.2, 0) is 6.54 Å². The van der Waals surface area contributed by atoms with Gasteiger partial charge < -0.3 is 4.57 Å². The Kier molecular flexibility index (Phi) is 3.34. The van der Waals surface area contributed by atoms with Crippen molar-refractivity contribution in [2.45, 2.75) is 13.5 Å². The third-order valence-corrected chi connectivity index (χ3v) is 3.26. The Labute approximate surface area is 99.3 Å². The molecular formula is C13H15NOS. The van der Waals surface area contributed by atoms with Crippen LogP contribution >= 0.6 is 11.8 Å². The fourth-order valence-corrected chi connectivity index (χ4v) is 2.15. The van der Waals surface area contributed by atoms with Gasteiger partial charge in [-0.25, -0.2) is 0 Å². The van der Waals surface area contributed by atoms with Crippen LogP contribution in [0, 0.1) is 6.92 Å². The molecule has 1 heterocycles. The van der Waals surface area contributed by atoms with Crippen molar-refractivity contribution < 1.29 is 0 Å². The van der Waals surface area contributed by atoms with Crippen molar-refractivity contribution in [3.63, 3.8) is 0 Å². The molecule has 0 bridgehead atoms. The van der Waals surface area contributed by atoms with E-state index in [1.165, 1.54) is 5.56 Å². The lowest BCUT2D eigenvalue weighted by atomic mass is 10.1. The number of hydrogen-bond acceptors (Lipinski definition) is 2. The van der Waals surface area contributed by atoms with E-state index >= 15 is 0 Å². The first kappa shape index (κ1) is 11.3. The molecule has 0 fully saturated rings. The zero-order valence-electron chi connectivity index (χ0n) is 9.56. The van der Waals surface area contributed by atoms with Gasteiger partial charge in [0.1, 0.15) is 0 Å². The summed E-state index contributed by atoms with van der Waals surface area (Å²) in [6.07, 6.45) is 3.94. The van der Waals surface area contributed by atoms with Crippen LogP contribution in [-0.4, -0.2) is 16.6 Å². The highest BCUT2D eigenvalue weighted by atomic mass is 32.2. The summed E-state index contributed by atoms with van der Waals surface area (Å²) in [5, 5.41) is 1.85. The molecule has 1 aromatic heterocycles. The highest BCUT2D eigenvalue weighted by molar-refractivity contribution is 7.98. The fraction of sp³-hybridized carbons (Fsp3) is 0.308. The van der Waals surface area contributed by atoms with E-state index < -0.39 is 0 Å². The summed E-state index contributed by atoms with van der Waals surface area (Å²) in [5.41, 5.74) is 1.31. The molecule has 0 aliphatic carbocycles. The molecule has 0 aliphatic rings. The Hall–Kier alpha value is -1.22. The molecule has 2 nitrogen and oxygen atoms in total. The SMILES string of the molecule is CSCCn1ccc2cc(C)ccc2c1=O. The van der Waals surface area contributed by atoms with Gasteiger partial charge in [0.2, 0.25) is 0 Å². The highest BCUT2D eigenvalue weighted by Crippen LogP contribution is 2.11. The summed E-state index contributed by atoms with van der Waals surface area (Å²) < 4.78 is 1.79. The van der Waals surface area contributed by atoms with Gasteiger partial charge >= 0.3 is 0 Å². The molecular weight excluding hydrogens is 218 g/mol. The summed E-state index contributed by atoms with van der Waals surface area (Å²) in [7, 11) is 0. The molecule has 0 saturated heterocycles. The van der Waals surface area contributed by atoms with Crippen LogP contribution in [0.15, 0.2) is 35.3 Å². The monoisotopic (exact) mass is 233 g/mol. The van der Waals surface area contributed by atoms with E-state index in [0.717, 1.165) is 23.1 Å². The second kappa shape index (κ2) is 4.74. The molecule has 0 saturated carbocycles. The van der Waals surface area contributed by atoms with Crippen molar-refractivity contribution in [1.82, 2.24) is 4.57 Å². The largest absolute Gasteiger partial charge is 0.314 e. The topological polar surface area (TPSA) is 22.0 Å². The van der Waals surface area contributed by atoms with Gasteiger partial charge in [-0.2, -0.15) is 11.8 Å². The van der Waals surface area contributed by atoms with Crippen LogP contribution in [0.4, 0.5) is 0 Å². The number of pyridine rings is 1. The van der Waals surface area contributed by atoms with Crippen LogP contribution in [0.1, 0.15) is 5.56 Å². The lowest BCUT2D eigenvalue weighted by Gasteiger charge is -2.06.